The quantitative estimate of drug-likeness (QED) is 0.474. The highest BCUT2D eigenvalue weighted by Crippen LogP contribution is 2.28. The van der Waals surface area contributed by atoms with Crippen molar-refractivity contribution in [3.8, 4) is 11.5 Å². The molecule has 0 radical (unpaired) electrons. The second kappa shape index (κ2) is 10.9. The average molecular weight is 293 g/mol. The summed E-state index contributed by atoms with van der Waals surface area (Å²) < 4.78 is 23.2. The number of hydrogen-bond acceptors (Lipinski definition) is 3. The summed E-state index contributed by atoms with van der Waals surface area (Å²) in [5.74, 6) is 1.41. The number of benzene rings is 1. The van der Waals surface area contributed by atoms with Gasteiger partial charge in [-0.25, -0.2) is 0 Å². The summed E-state index contributed by atoms with van der Waals surface area (Å²) in [6.45, 7) is 9.39. The van der Waals surface area contributed by atoms with Gasteiger partial charge in [0, 0.05) is 0 Å². The molecule has 1 aromatic carbocycles. The van der Waals surface area contributed by atoms with E-state index in [1.165, 1.54) is 0 Å². The van der Waals surface area contributed by atoms with Crippen LogP contribution in [-0.2, 0) is 6.42 Å². The van der Waals surface area contributed by atoms with Crippen LogP contribution in [0.15, 0.2) is 43.5 Å². The van der Waals surface area contributed by atoms with Gasteiger partial charge in [0.1, 0.15) is 13.2 Å². The van der Waals surface area contributed by atoms with Crippen molar-refractivity contribution in [2.24, 2.45) is 0 Å². The molecule has 0 bridgehead atoms. The molecule has 4 heteroatoms. The third kappa shape index (κ3) is 6.95. The molecule has 0 atom stereocenters. The molecule has 0 spiro atoms. The molecule has 0 saturated carbocycles. The van der Waals surface area contributed by atoms with Gasteiger partial charge in [0.2, 0.25) is 0 Å². The maximum absolute atomic E-state index is 12.0. The van der Waals surface area contributed by atoms with Crippen molar-refractivity contribution in [3.05, 3.63) is 49.1 Å². The fourth-order valence-corrected chi connectivity index (χ4v) is 1.79. The molecule has 0 aliphatic rings. The lowest BCUT2D eigenvalue weighted by molar-refractivity contribution is 0.308. The molecule has 1 aromatic rings. The van der Waals surface area contributed by atoms with Crippen molar-refractivity contribution >= 4 is 0 Å². The van der Waals surface area contributed by atoms with E-state index < -0.39 is 0 Å². The highest BCUT2D eigenvalue weighted by molar-refractivity contribution is 5.43. The van der Waals surface area contributed by atoms with E-state index in [1.54, 1.807) is 12.2 Å². The first-order valence-corrected chi connectivity index (χ1v) is 7.18. The number of halogens is 1. The molecule has 0 aromatic heterocycles. The third-order valence-corrected chi connectivity index (χ3v) is 2.80. The Bertz CT molecular complexity index is 435. The molecule has 0 aliphatic carbocycles. The molecule has 0 fully saturated rings. The molecule has 0 saturated heterocycles. The predicted octanol–water partition coefficient (Wildman–Crippen LogP) is 3.31. The fourth-order valence-electron chi connectivity index (χ4n) is 1.79. The second-order valence-corrected chi connectivity index (χ2v) is 4.52. The summed E-state index contributed by atoms with van der Waals surface area (Å²) in [5, 5.41) is 3.20. The van der Waals surface area contributed by atoms with E-state index in [0.29, 0.717) is 37.7 Å². The van der Waals surface area contributed by atoms with Crippen LogP contribution in [0.25, 0.3) is 0 Å². The van der Waals surface area contributed by atoms with Gasteiger partial charge >= 0.3 is 0 Å². The van der Waals surface area contributed by atoms with Crippen molar-refractivity contribution in [2.45, 2.75) is 12.8 Å². The fraction of sp³-hybridized carbons (Fsp3) is 0.412. The Morgan fingerprint density at radius 3 is 2.43 bits per heavy atom. The maximum Gasteiger partial charge on any atom is 0.161 e. The molecule has 1 rings (SSSR count). The largest absolute Gasteiger partial charge is 0.486 e. The summed E-state index contributed by atoms with van der Waals surface area (Å²) >= 11 is 0. The monoisotopic (exact) mass is 293 g/mol. The van der Waals surface area contributed by atoms with Gasteiger partial charge in [-0.2, -0.15) is 0 Å². The van der Waals surface area contributed by atoms with Gasteiger partial charge in [-0.05, 0) is 43.6 Å². The molecule has 0 heterocycles. The third-order valence-electron chi connectivity index (χ3n) is 2.80. The lowest BCUT2D eigenvalue weighted by atomic mass is 10.1. The summed E-state index contributed by atoms with van der Waals surface area (Å²) in [4.78, 5) is 0. The van der Waals surface area contributed by atoms with Crippen LogP contribution in [-0.4, -0.2) is 33.0 Å². The minimum absolute atomic E-state index is 0.276. The van der Waals surface area contributed by atoms with Gasteiger partial charge in [0.05, 0.1) is 6.67 Å². The Morgan fingerprint density at radius 1 is 1.05 bits per heavy atom. The highest BCUT2D eigenvalue weighted by Gasteiger charge is 2.06. The SMILES string of the molecule is C=CCOc1ccc(CCNCCCF)cc1OCC=C. The number of ether oxygens (including phenoxy) is 2. The van der Waals surface area contributed by atoms with Crippen LogP contribution in [0.2, 0.25) is 0 Å². The zero-order valence-electron chi connectivity index (χ0n) is 12.4. The maximum atomic E-state index is 12.0. The summed E-state index contributed by atoms with van der Waals surface area (Å²) in [6, 6.07) is 5.88. The van der Waals surface area contributed by atoms with Gasteiger partial charge < -0.3 is 14.8 Å². The Labute approximate surface area is 126 Å². The van der Waals surface area contributed by atoms with Gasteiger partial charge in [-0.1, -0.05) is 31.4 Å². The molecule has 0 unspecified atom stereocenters. The number of alkyl halides is 1. The molecule has 1 N–H and O–H groups in total. The van der Waals surface area contributed by atoms with Gasteiger partial charge in [0.25, 0.3) is 0 Å². The normalized spacial score (nSPS) is 10.1. The van der Waals surface area contributed by atoms with E-state index in [1.807, 2.05) is 18.2 Å². The Hall–Kier alpha value is -1.81. The van der Waals surface area contributed by atoms with Crippen LogP contribution in [0.5, 0.6) is 11.5 Å². The molecular formula is C17H24FNO2. The van der Waals surface area contributed by atoms with E-state index in [-0.39, 0.29) is 6.67 Å². The molecule has 116 valence electrons. The van der Waals surface area contributed by atoms with Gasteiger partial charge in [0.15, 0.2) is 11.5 Å². The number of nitrogens with one attached hydrogen (secondary N) is 1. The number of hydrogen-bond donors (Lipinski definition) is 1. The predicted molar refractivity (Wildman–Crippen MR) is 85.0 cm³/mol. The zero-order valence-corrected chi connectivity index (χ0v) is 12.4. The van der Waals surface area contributed by atoms with E-state index in [4.69, 9.17) is 9.47 Å². The second-order valence-electron chi connectivity index (χ2n) is 4.52. The Balaban J connectivity index is 2.59. The topological polar surface area (TPSA) is 30.5 Å². The van der Waals surface area contributed by atoms with E-state index in [2.05, 4.69) is 18.5 Å². The lowest BCUT2D eigenvalue weighted by Crippen LogP contribution is -2.18. The molecular weight excluding hydrogens is 269 g/mol. The molecule has 0 aliphatic heterocycles. The number of rotatable bonds is 12. The van der Waals surface area contributed by atoms with Crippen molar-refractivity contribution in [3.63, 3.8) is 0 Å². The van der Waals surface area contributed by atoms with Gasteiger partial charge in [-0.3, -0.25) is 4.39 Å². The van der Waals surface area contributed by atoms with Crippen LogP contribution in [0.3, 0.4) is 0 Å². The van der Waals surface area contributed by atoms with E-state index >= 15 is 0 Å². The van der Waals surface area contributed by atoms with Crippen molar-refractivity contribution in [1.29, 1.82) is 0 Å². The van der Waals surface area contributed by atoms with Crippen LogP contribution in [0.1, 0.15) is 12.0 Å². The lowest BCUT2D eigenvalue weighted by Gasteiger charge is -2.13. The summed E-state index contributed by atoms with van der Waals surface area (Å²) in [7, 11) is 0. The highest BCUT2D eigenvalue weighted by atomic mass is 19.1. The van der Waals surface area contributed by atoms with Crippen molar-refractivity contribution < 1.29 is 13.9 Å². The van der Waals surface area contributed by atoms with E-state index in [9.17, 15) is 4.39 Å². The Kier molecular flexibility index (Phi) is 8.96. The minimum Gasteiger partial charge on any atom is -0.486 e. The standard InChI is InChI=1S/C17H24FNO2/c1-3-12-20-16-7-6-15(8-11-19-10-5-9-18)14-17(16)21-13-4-2/h3-4,6-7,14,19H,1-2,5,8-13H2. The zero-order chi connectivity index (χ0) is 15.3. The Morgan fingerprint density at radius 2 is 1.76 bits per heavy atom. The smallest absolute Gasteiger partial charge is 0.161 e. The van der Waals surface area contributed by atoms with Crippen LogP contribution < -0.4 is 14.8 Å². The van der Waals surface area contributed by atoms with Crippen LogP contribution in [0.4, 0.5) is 4.39 Å². The van der Waals surface area contributed by atoms with E-state index in [0.717, 1.165) is 18.5 Å². The summed E-state index contributed by atoms with van der Waals surface area (Å²) in [5.41, 5.74) is 1.15. The molecule has 0 amide bonds. The van der Waals surface area contributed by atoms with Crippen LogP contribution in [0, 0.1) is 0 Å². The summed E-state index contributed by atoms with van der Waals surface area (Å²) in [6.07, 6.45) is 4.81. The first-order valence-electron chi connectivity index (χ1n) is 7.18. The van der Waals surface area contributed by atoms with Crippen molar-refractivity contribution in [2.75, 3.05) is 33.0 Å². The minimum atomic E-state index is -0.276. The first-order chi connectivity index (χ1) is 10.3. The van der Waals surface area contributed by atoms with Crippen LogP contribution >= 0.6 is 0 Å². The molecule has 21 heavy (non-hydrogen) atoms. The first kappa shape index (κ1) is 17.2. The average Bonchev–Trinajstić information content (AvgIpc) is 2.51. The molecule has 3 nitrogen and oxygen atoms in total. The van der Waals surface area contributed by atoms with Crippen molar-refractivity contribution in [1.82, 2.24) is 5.32 Å². The van der Waals surface area contributed by atoms with Gasteiger partial charge in [-0.15, -0.1) is 0 Å².